The molecule has 0 aliphatic heterocycles. The number of carbonyl (C=O) groups excluding carboxylic acids is 1. The fourth-order valence-corrected chi connectivity index (χ4v) is 0. The van der Waals surface area contributed by atoms with Gasteiger partial charge >= 0.3 is 20.8 Å². The van der Waals surface area contributed by atoms with Gasteiger partial charge in [0, 0.05) is 0 Å². The Morgan fingerprint density at radius 1 is 1.50 bits per heavy atom. The molecule has 0 bridgehead atoms. The summed E-state index contributed by atoms with van der Waals surface area (Å²) in [4.78, 5) is 8.33. The fraction of sp³-hybridized carbons (Fsp3) is 0. The average Bonchev–Trinajstić information content (AvgIpc) is 1.41. The minimum atomic E-state index is -2.33. The van der Waals surface area contributed by atoms with E-state index < -0.39 is 6.16 Å². The normalized spacial score (nSPS) is 5.17. The third kappa shape index (κ3) is 509. The summed E-state index contributed by atoms with van der Waals surface area (Å²) in [5, 5.41) is 16.7. The van der Waals surface area contributed by atoms with Crippen molar-refractivity contribution >= 4 is 22.8 Å². The number of hydrogen-bond donors (Lipinski definition) is 1. The van der Waals surface area contributed by atoms with Gasteiger partial charge in [-0.25, -0.2) is 0 Å². The van der Waals surface area contributed by atoms with Gasteiger partial charge in [-0.05, 0) is 6.16 Å². The molecule has 0 aromatic heterocycles. The molecule has 0 saturated heterocycles. The first kappa shape index (κ1) is 9.23. The molecule has 0 heterocycles. The van der Waals surface area contributed by atoms with E-state index in [9.17, 15) is 0 Å². The van der Waals surface area contributed by atoms with E-state index in [2.05, 4.69) is 0 Å². The van der Waals surface area contributed by atoms with Gasteiger partial charge in [0.05, 0.1) is 0 Å². The Labute approximate surface area is 42.8 Å². The van der Waals surface area contributed by atoms with E-state index in [1.165, 1.54) is 16.6 Å². The van der Waals surface area contributed by atoms with Gasteiger partial charge in [-0.1, -0.05) is 0 Å². The van der Waals surface area contributed by atoms with E-state index in [1.54, 1.807) is 0 Å². The number of carboxylic acid groups (broad SMARTS) is 2. The second-order valence-electron chi connectivity index (χ2n) is 0.250. The second kappa shape index (κ2) is 8.83. The van der Waals surface area contributed by atoms with Crippen LogP contribution in [0, 0.1) is 0 Å². The molecule has 0 radical (unpaired) electrons. The summed E-state index contributed by atoms with van der Waals surface area (Å²) in [7, 11) is 0. The van der Waals surface area contributed by atoms with E-state index in [4.69, 9.17) is 19.2 Å². The first-order chi connectivity index (χ1) is 2.73. The van der Waals surface area contributed by atoms with Crippen LogP contribution in [0.3, 0.4) is 0 Å². The van der Waals surface area contributed by atoms with Crippen molar-refractivity contribution in [3.63, 3.8) is 0 Å². The summed E-state index contributed by atoms with van der Waals surface area (Å²) in [6, 6.07) is 0. The van der Waals surface area contributed by atoms with Gasteiger partial charge in [-0.15, -0.1) is 0 Å². The molecule has 1 N–H and O–H groups in total. The number of rotatable bonds is 0. The van der Waals surface area contributed by atoms with E-state index in [0.717, 1.165) is 0 Å². The van der Waals surface area contributed by atoms with Crippen molar-refractivity contribution < 1.29 is 19.2 Å². The van der Waals surface area contributed by atoms with Crippen molar-refractivity contribution in [3.05, 3.63) is 0 Å². The molecule has 0 atom stereocenters. The van der Waals surface area contributed by atoms with Crippen molar-refractivity contribution in [2.24, 2.45) is 0 Å². The Morgan fingerprint density at radius 2 is 1.50 bits per heavy atom. The zero-order chi connectivity index (χ0) is 5.58. The van der Waals surface area contributed by atoms with E-state index in [-0.39, 0.29) is 0 Å². The Hall–Kier alpha value is -0.238. The molecule has 4 nitrogen and oxygen atoms in total. The van der Waals surface area contributed by atoms with Crippen LogP contribution in [0.25, 0.3) is 0 Å². The third-order valence-electron chi connectivity index (χ3n) is 0. The standard InChI is InChI=1S/CH2O3.Al.H2O/c2-1(3)4;;/h(H2,2,3,4);;1H2/q;+3;/p-3. The zero-order valence-corrected chi connectivity index (χ0v) is 3.90. The first-order valence-electron chi connectivity index (χ1n) is 0.871. The molecule has 5 heteroatoms. The zero-order valence-electron chi connectivity index (χ0n) is 2.75. The van der Waals surface area contributed by atoms with Crippen LogP contribution in [0.15, 0.2) is 0 Å². The Morgan fingerprint density at radius 3 is 1.50 bits per heavy atom. The molecule has 0 saturated carbocycles. The van der Waals surface area contributed by atoms with Crippen molar-refractivity contribution in [2.45, 2.75) is 0 Å². The molecule has 0 rings (SSSR count). The quantitative estimate of drug-likeness (QED) is 0.325. The fourth-order valence-electron chi connectivity index (χ4n) is 0. The van der Waals surface area contributed by atoms with Crippen LogP contribution in [0.1, 0.15) is 0 Å². The number of carbonyl (C=O) groups is 1. The number of hydrogen-bond acceptors (Lipinski definition) is 4. The summed E-state index contributed by atoms with van der Waals surface area (Å²) in [6.07, 6.45) is -2.33. The van der Waals surface area contributed by atoms with Gasteiger partial charge in [0.25, 0.3) is 0 Å². The van der Waals surface area contributed by atoms with Crippen LogP contribution in [0.4, 0.5) is 4.79 Å². The molecule has 0 fully saturated rings. The van der Waals surface area contributed by atoms with E-state index >= 15 is 0 Å². The van der Waals surface area contributed by atoms with Gasteiger partial charge in [0.1, 0.15) is 0 Å². The molecule has 0 amide bonds. The third-order valence-corrected chi connectivity index (χ3v) is 0. The van der Waals surface area contributed by atoms with Crippen molar-refractivity contribution in [1.82, 2.24) is 0 Å². The van der Waals surface area contributed by atoms with Crippen LogP contribution < -0.4 is 10.2 Å². The van der Waals surface area contributed by atoms with Crippen LogP contribution in [-0.4, -0.2) is 26.9 Å². The molecule has 0 aliphatic carbocycles. The predicted octanol–water partition coefficient (Wildman–Crippen LogP) is -3.38. The molecular weight excluding hydrogens is 103 g/mol. The van der Waals surface area contributed by atoms with Gasteiger partial charge in [-0.2, -0.15) is 0 Å². The topological polar surface area (TPSA) is 83.4 Å². The molecular formula is CHAlO4. The Balaban J connectivity index is 0. The maximum atomic E-state index is 8.33. The maximum absolute atomic E-state index is 8.33. The van der Waals surface area contributed by atoms with Crippen LogP contribution in [-0.2, 0) is 0 Å². The SMILES string of the molecule is O=C([O-])[O-].[OH][Al+2]. The van der Waals surface area contributed by atoms with Gasteiger partial charge in [0.15, 0.2) is 0 Å². The minimum absolute atomic E-state index is 1.42. The summed E-state index contributed by atoms with van der Waals surface area (Å²) < 4.78 is 6.92. The first-order valence-corrected chi connectivity index (χ1v) is 1.39. The van der Waals surface area contributed by atoms with E-state index in [1.807, 2.05) is 0 Å². The molecule has 0 unspecified atom stereocenters. The van der Waals surface area contributed by atoms with Crippen molar-refractivity contribution in [1.29, 1.82) is 0 Å². The Bertz CT molecular complexity index is 30.5. The second-order valence-corrected chi connectivity index (χ2v) is 0.250. The Kier molecular flexibility index (Phi) is 13.6. The summed E-state index contributed by atoms with van der Waals surface area (Å²) in [5.41, 5.74) is 0. The van der Waals surface area contributed by atoms with Crippen LogP contribution >= 0.6 is 0 Å². The van der Waals surface area contributed by atoms with Gasteiger partial charge in [0.2, 0.25) is 0 Å². The molecule has 6 heavy (non-hydrogen) atoms. The molecule has 0 aliphatic rings. The van der Waals surface area contributed by atoms with Crippen molar-refractivity contribution in [2.75, 3.05) is 0 Å². The molecule has 32 valence electrons. The molecule has 0 spiro atoms. The summed E-state index contributed by atoms with van der Waals surface area (Å²) in [5.74, 6) is 0. The monoisotopic (exact) mass is 104 g/mol. The van der Waals surface area contributed by atoms with Crippen LogP contribution in [0.5, 0.6) is 0 Å². The van der Waals surface area contributed by atoms with Gasteiger partial charge < -0.3 is 15.0 Å². The van der Waals surface area contributed by atoms with Crippen molar-refractivity contribution in [3.8, 4) is 0 Å². The summed E-state index contributed by atoms with van der Waals surface area (Å²) in [6.45, 7) is 0. The molecule has 0 aromatic carbocycles. The van der Waals surface area contributed by atoms with Crippen LogP contribution in [0.2, 0.25) is 0 Å². The molecule has 0 aromatic rings. The summed E-state index contributed by atoms with van der Waals surface area (Å²) >= 11 is 1.42. The average molecular weight is 104 g/mol. The predicted molar refractivity (Wildman–Crippen MR) is 13.4 cm³/mol. The van der Waals surface area contributed by atoms with E-state index in [0.29, 0.717) is 0 Å². The van der Waals surface area contributed by atoms with Gasteiger partial charge in [-0.3, -0.25) is 0 Å².